The lowest BCUT2D eigenvalue weighted by atomic mass is 10.2. The molecule has 0 bridgehead atoms. The van der Waals surface area contributed by atoms with Crippen molar-refractivity contribution in [3.8, 4) is 5.75 Å². The van der Waals surface area contributed by atoms with Crippen molar-refractivity contribution in [1.82, 2.24) is 9.97 Å². The molecule has 0 aliphatic heterocycles. The van der Waals surface area contributed by atoms with Crippen LogP contribution < -0.4 is 16.2 Å². The molecule has 5 nitrogen and oxygen atoms in total. The average molecular weight is 344 g/mol. The number of hydrogen-bond acceptors (Lipinski definition) is 6. The molecule has 0 unspecified atom stereocenters. The SMILES string of the molecule is Nc1cc(N)nc(SCCCOc2cccc(C(F)(F)F)c2)n1. The molecule has 0 spiro atoms. The summed E-state index contributed by atoms with van der Waals surface area (Å²) in [5, 5.41) is 0.460. The van der Waals surface area contributed by atoms with Gasteiger partial charge in [-0.3, -0.25) is 0 Å². The van der Waals surface area contributed by atoms with E-state index in [4.69, 9.17) is 16.2 Å². The lowest BCUT2D eigenvalue weighted by Gasteiger charge is -2.10. The maximum absolute atomic E-state index is 12.6. The number of anilines is 2. The predicted molar refractivity (Wildman–Crippen MR) is 83.1 cm³/mol. The van der Waals surface area contributed by atoms with Gasteiger partial charge in [-0.05, 0) is 24.6 Å². The Labute approximate surface area is 135 Å². The van der Waals surface area contributed by atoms with Crippen molar-refractivity contribution in [3.63, 3.8) is 0 Å². The van der Waals surface area contributed by atoms with Crippen LogP contribution in [0.25, 0.3) is 0 Å². The fraction of sp³-hybridized carbons (Fsp3) is 0.286. The van der Waals surface area contributed by atoms with Crippen molar-refractivity contribution in [2.45, 2.75) is 17.8 Å². The van der Waals surface area contributed by atoms with Gasteiger partial charge in [-0.1, -0.05) is 17.8 Å². The minimum atomic E-state index is -4.38. The molecule has 0 radical (unpaired) electrons. The molecule has 0 saturated heterocycles. The highest BCUT2D eigenvalue weighted by Crippen LogP contribution is 2.31. The number of aromatic nitrogens is 2. The molecule has 1 aromatic carbocycles. The van der Waals surface area contributed by atoms with E-state index in [0.717, 1.165) is 12.1 Å². The molecule has 124 valence electrons. The van der Waals surface area contributed by atoms with Crippen LogP contribution in [0.4, 0.5) is 24.8 Å². The highest BCUT2D eigenvalue weighted by molar-refractivity contribution is 7.99. The van der Waals surface area contributed by atoms with Crippen LogP contribution >= 0.6 is 11.8 Å². The number of benzene rings is 1. The van der Waals surface area contributed by atoms with E-state index < -0.39 is 11.7 Å². The van der Waals surface area contributed by atoms with Gasteiger partial charge < -0.3 is 16.2 Å². The molecular weight excluding hydrogens is 329 g/mol. The predicted octanol–water partition coefficient (Wildman–Crippen LogP) is 3.22. The molecule has 0 amide bonds. The molecule has 0 atom stereocenters. The third-order valence-electron chi connectivity index (χ3n) is 2.70. The number of nitrogens with two attached hydrogens (primary N) is 2. The van der Waals surface area contributed by atoms with Gasteiger partial charge in [0.1, 0.15) is 17.4 Å². The smallest absolute Gasteiger partial charge is 0.416 e. The Morgan fingerprint density at radius 3 is 2.43 bits per heavy atom. The van der Waals surface area contributed by atoms with Crippen LogP contribution in [0, 0.1) is 0 Å². The van der Waals surface area contributed by atoms with Gasteiger partial charge in [-0.15, -0.1) is 0 Å². The number of ether oxygens (including phenoxy) is 1. The third kappa shape index (κ3) is 5.51. The lowest BCUT2D eigenvalue weighted by molar-refractivity contribution is -0.137. The van der Waals surface area contributed by atoms with Crippen LogP contribution in [0.1, 0.15) is 12.0 Å². The maximum Gasteiger partial charge on any atom is 0.416 e. The van der Waals surface area contributed by atoms with E-state index in [1.165, 1.54) is 30.0 Å². The van der Waals surface area contributed by atoms with E-state index in [1.54, 1.807) is 0 Å². The Bertz CT molecular complexity index is 646. The molecule has 9 heteroatoms. The Morgan fingerprint density at radius 1 is 1.09 bits per heavy atom. The zero-order valence-corrected chi connectivity index (χ0v) is 12.8. The first-order valence-electron chi connectivity index (χ1n) is 6.67. The molecule has 0 aliphatic rings. The molecule has 4 N–H and O–H groups in total. The normalized spacial score (nSPS) is 11.4. The minimum absolute atomic E-state index is 0.189. The van der Waals surface area contributed by atoms with E-state index in [-0.39, 0.29) is 12.4 Å². The summed E-state index contributed by atoms with van der Waals surface area (Å²) in [6, 6.07) is 6.25. The zero-order chi connectivity index (χ0) is 16.9. The van der Waals surface area contributed by atoms with Crippen LogP contribution in [-0.4, -0.2) is 22.3 Å². The molecule has 0 saturated carbocycles. The number of nitrogen functional groups attached to an aromatic ring is 2. The number of halogens is 3. The highest BCUT2D eigenvalue weighted by Gasteiger charge is 2.30. The van der Waals surface area contributed by atoms with Crippen molar-refractivity contribution in [2.75, 3.05) is 23.8 Å². The van der Waals surface area contributed by atoms with Crippen LogP contribution in [0.2, 0.25) is 0 Å². The summed E-state index contributed by atoms with van der Waals surface area (Å²) < 4.78 is 43.0. The molecule has 23 heavy (non-hydrogen) atoms. The van der Waals surface area contributed by atoms with Gasteiger partial charge >= 0.3 is 6.18 Å². The second-order valence-corrected chi connectivity index (χ2v) is 5.64. The number of thioether (sulfide) groups is 1. The topological polar surface area (TPSA) is 87.1 Å². The fourth-order valence-electron chi connectivity index (χ4n) is 1.70. The maximum atomic E-state index is 12.6. The number of hydrogen-bond donors (Lipinski definition) is 2. The molecule has 0 fully saturated rings. The summed E-state index contributed by atoms with van der Waals surface area (Å²) in [6.07, 6.45) is -3.77. The fourth-order valence-corrected chi connectivity index (χ4v) is 2.49. The molecule has 2 rings (SSSR count). The van der Waals surface area contributed by atoms with Gasteiger partial charge in [0.05, 0.1) is 12.2 Å². The van der Waals surface area contributed by atoms with Crippen LogP contribution in [-0.2, 0) is 6.18 Å². The van der Waals surface area contributed by atoms with Gasteiger partial charge in [0, 0.05) is 11.8 Å². The zero-order valence-electron chi connectivity index (χ0n) is 12.0. The summed E-state index contributed by atoms with van der Waals surface area (Å²) in [5.74, 6) is 1.40. The number of rotatable bonds is 6. The summed E-state index contributed by atoms with van der Waals surface area (Å²) in [6.45, 7) is 0.284. The first-order chi connectivity index (χ1) is 10.8. The van der Waals surface area contributed by atoms with Crippen molar-refractivity contribution >= 4 is 23.4 Å². The van der Waals surface area contributed by atoms with Crippen LogP contribution in [0.15, 0.2) is 35.5 Å². The highest BCUT2D eigenvalue weighted by atomic mass is 32.2. The van der Waals surface area contributed by atoms with Crippen molar-refractivity contribution < 1.29 is 17.9 Å². The Kier molecular flexibility index (Phi) is 5.54. The van der Waals surface area contributed by atoms with Gasteiger partial charge in [-0.25, -0.2) is 9.97 Å². The number of nitrogens with zero attached hydrogens (tertiary/aromatic N) is 2. The summed E-state index contributed by atoms with van der Waals surface area (Å²) in [7, 11) is 0. The largest absolute Gasteiger partial charge is 0.494 e. The lowest BCUT2D eigenvalue weighted by Crippen LogP contribution is -2.06. The monoisotopic (exact) mass is 344 g/mol. The summed E-state index contributed by atoms with van der Waals surface area (Å²) in [4.78, 5) is 8.02. The van der Waals surface area contributed by atoms with E-state index in [0.29, 0.717) is 29.0 Å². The van der Waals surface area contributed by atoms with Gasteiger partial charge in [0.2, 0.25) is 0 Å². The van der Waals surface area contributed by atoms with Crippen molar-refractivity contribution in [1.29, 1.82) is 0 Å². The molecule has 2 aromatic rings. The first-order valence-corrected chi connectivity index (χ1v) is 7.66. The van der Waals surface area contributed by atoms with E-state index in [1.807, 2.05) is 0 Å². The second-order valence-electron chi connectivity index (χ2n) is 4.58. The molecular formula is C14H15F3N4OS. The molecule has 1 aromatic heterocycles. The van der Waals surface area contributed by atoms with Gasteiger partial charge in [0.25, 0.3) is 0 Å². The molecule has 1 heterocycles. The van der Waals surface area contributed by atoms with Crippen molar-refractivity contribution in [3.05, 3.63) is 35.9 Å². The van der Waals surface area contributed by atoms with E-state index >= 15 is 0 Å². The van der Waals surface area contributed by atoms with Crippen LogP contribution in [0.3, 0.4) is 0 Å². The number of alkyl halides is 3. The quantitative estimate of drug-likeness (QED) is 0.475. The Hall–Kier alpha value is -2.16. The van der Waals surface area contributed by atoms with Gasteiger partial charge in [0.15, 0.2) is 5.16 Å². The van der Waals surface area contributed by atoms with E-state index in [2.05, 4.69) is 9.97 Å². The summed E-state index contributed by atoms with van der Waals surface area (Å²) >= 11 is 1.35. The first kappa shape index (κ1) is 17.2. The third-order valence-corrected chi connectivity index (χ3v) is 3.63. The minimum Gasteiger partial charge on any atom is -0.494 e. The standard InChI is InChI=1S/C14H15F3N4OS/c15-14(16,17)9-3-1-4-10(7-9)22-5-2-6-23-13-20-11(18)8-12(19)21-13/h1,3-4,7-8H,2,5-6H2,(H4,18,19,20,21). The molecule has 0 aliphatic carbocycles. The van der Waals surface area contributed by atoms with E-state index in [9.17, 15) is 13.2 Å². The second kappa shape index (κ2) is 7.40. The Balaban J connectivity index is 1.77. The Morgan fingerprint density at radius 2 is 1.78 bits per heavy atom. The summed E-state index contributed by atoms with van der Waals surface area (Å²) in [5.41, 5.74) is 10.4. The van der Waals surface area contributed by atoms with Crippen molar-refractivity contribution in [2.24, 2.45) is 0 Å². The van der Waals surface area contributed by atoms with Gasteiger partial charge in [-0.2, -0.15) is 13.2 Å². The van der Waals surface area contributed by atoms with Crippen LogP contribution in [0.5, 0.6) is 5.75 Å². The average Bonchev–Trinajstić information content (AvgIpc) is 2.45.